The molecular weight excluding hydrogens is 418 g/mol. The van der Waals surface area contributed by atoms with Crippen LogP contribution >= 0.6 is 23.6 Å². The van der Waals surface area contributed by atoms with E-state index >= 15 is 0 Å². The fraction of sp³-hybridized carbons (Fsp3) is 0.571. The quantitative estimate of drug-likeness (QED) is 0.606. The summed E-state index contributed by atoms with van der Waals surface area (Å²) in [5, 5.41) is 13.1. The highest BCUT2D eigenvalue weighted by Crippen LogP contribution is 2.29. The lowest BCUT2D eigenvalue weighted by Crippen LogP contribution is -2.51. The maximum Gasteiger partial charge on any atom is 0.223 e. The lowest BCUT2D eigenvalue weighted by molar-refractivity contribution is 0.0688. The van der Waals surface area contributed by atoms with E-state index < -0.39 is 0 Å². The number of hydrogen-bond donors (Lipinski definition) is 3. The molecule has 0 bridgehead atoms. The second-order valence-electron chi connectivity index (χ2n) is 8.15. The van der Waals surface area contributed by atoms with E-state index in [4.69, 9.17) is 21.7 Å². The molecule has 9 heteroatoms. The van der Waals surface area contributed by atoms with E-state index in [1.165, 1.54) is 32.1 Å². The van der Waals surface area contributed by atoms with Crippen LogP contribution in [-0.2, 0) is 9.47 Å². The Morgan fingerprint density at radius 1 is 1.03 bits per heavy atom. The predicted molar refractivity (Wildman–Crippen MR) is 122 cm³/mol. The molecule has 7 nitrogen and oxygen atoms in total. The number of anilines is 1. The van der Waals surface area contributed by atoms with Crippen LogP contribution in [0, 0.1) is 0 Å². The van der Waals surface area contributed by atoms with Crippen molar-refractivity contribution in [2.24, 2.45) is 0 Å². The third kappa shape index (κ3) is 4.44. The van der Waals surface area contributed by atoms with E-state index in [1.54, 1.807) is 17.5 Å². The number of rotatable bonds is 5. The van der Waals surface area contributed by atoms with Gasteiger partial charge in [0, 0.05) is 12.2 Å². The molecule has 2 aromatic rings. The second kappa shape index (κ2) is 9.13. The first kappa shape index (κ1) is 20.1. The Morgan fingerprint density at radius 2 is 1.83 bits per heavy atom. The van der Waals surface area contributed by atoms with Crippen LogP contribution in [0.4, 0.5) is 5.95 Å². The van der Waals surface area contributed by atoms with Crippen LogP contribution in [0.15, 0.2) is 29.8 Å². The van der Waals surface area contributed by atoms with Crippen LogP contribution in [0.3, 0.4) is 0 Å². The van der Waals surface area contributed by atoms with Crippen molar-refractivity contribution >= 4 is 34.6 Å². The maximum absolute atomic E-state index is 6.08. The molecule has 5 rings (SSSR count). The first-order valence-corrected chi connectivity index (χ1v) is 12.0. The molecule has 4 atom stereocenters. The van der Waals surface area contributed by atoms with Gasteiger partial charge >= 0.3 is 0 Å². The maximum atomic E-state index is 6.08. The number of aromatic nitrogens is 2. The lowest BCUT2D eigenvalue weighted by Gasteiger charge is -2.26. The van der Waals surface area contributed by atoms with Crippen LogP contribution in [0.5, 0.6) is 0 Å². The smallest absolute Gasteiger partial charge is 0.223 e. The second-order valence-corrected chi connectivity index (χ2v) is 9.50. The number of thiophene rings is 1. The third-order valence-electron chi connectivity index (χ3n) is 6.05. The standard InChI is InChI=1S/C21H27N5O2S2/c29-21(23-13-5-2-1-3-6-13)26-16-12-28-18-15(11-27-19(16)18)25-20-22-9-8-14(24-20)17-7-4-10-30-17/h4,7-10,13,15-16,18-19H,1-3,5-6,11-12H2,(H,22,24,25)(H2,23,26,29). The fourth-order valence-electron chi connectivity index (χ4n) is 4.54. The highest BCUT2D eigenvalue weighted by molar-refractivity contribution is 7.80. The molecular formula is C21H27N5O2S2. The fourth-order valence-corrected chi connectivity index (χ4v) is 5.56. The largest absolute Gasteiger partial charge is 0.371 e. The van der Waals surface area contributed by atoms with Gasteiger partial charge in [-0.25, -0.2) is 9.97 Å². The molecule has 4 heterocycles. The minimum atomic E-state index is -0.0472. The molecule has 3 N–H and O–H groups in total. The average Bonchev–Trinajstić information content (AvgIpc) is 3.50. The Labute approximate surface area is 186 Å². The summed E-state index contributed by atoms with van der Waals surface area (Å²) in [7, 11) is 0. The van der Waals surface area contributed by atoms with Crippen molar-refractivity contribution in [2.75, 3.05) is 18.5 Å². The molecule has 30 heavy (non-hydrogen) atoms. The first-order chi connectivity index (χ1) is 14.8. The minimum Gasteiger partial charge on any atom is -0.371 e. The summed E-state index contributed by atoms with van der Waals surface area (Å²) in [6, 6.07) is 6.58. The molecule has 0 aromatic carbocycles. The number of fused-ring (bicyclic) bond motifs is 1. The molecule has 4 unspecified atom stereocenters. The predicted octanol–water partition coefficient (Wildman–Crippen LogP) is 2.95. The van der Waals surface area contributed by atoms with Crippen LogP contribution in [0.2, 0.25) is 0 Å². The van der Waals surface area contributed by atoms with Gasteiger partial charge in [-0.2, -0.15) is 0 Å². The SMILES string of the molecule is S=C(NC1CCCCC1)NC1COC2C(Nc3nccc(-c4cccs4)n3)COC12. The monoisotopic (exact) mass is 445 g/mol. The van der Waals surface area contributed by atoms with E-state index in [1.807, 2.05) is 17.5 Å². The molecule has 3 fully saturated rings. The highest BCUT2D eigenvalue weighted by atomic mass is 32.1. The summed E-state index contributed by atoms with van der Waals surface area (Å²) in [6.45, 7) is 1.14. The summed E-state index contributed by atoms with van der Waals surface area (Å²) in [5.74, 6) is 0.602. The topological polar surface area (TPSA) is 80.3 Å². The Kier molecular flexibility index (Phi) is 6.12. The van der Waals surface area contributed by atoms with Gasteiger partial charge in [0.15, 0.2) is 5.11 Å². The van der Waals surface area contributed by atoms with Crippen molar-refractivity contribution < 1.29 is 9.47 Å². The molecule has 0 radical (unpaired) electrons. The van der Waals surface area contributed by atoms with Gasteiger partial charge in [-0.3, -0.25) is 0 Å². The zero-order chi connectivity index (χ0) is 20.3. The van der Waals surface area contributed by atoms with Gasteiger partial charge < -0.3 is 25.4 Å². The van der Waals surface area contributed by atoms with Gasteiger partial charge in [0.2, 0.25) is 5.95 Å². The van der Waals surface area contributed by atoms with E-state index in [2.05, 4.69) is 32.0 Å². The van der Waals surface area contributed by atoms with Crippen molar-refractivity contribution in [3.63, 3.8) is 0 Å². The number of hydrogen-bond acceptors (Lipinski definition) is 7. The number of nitrogens with zero attached hydrogens (tertiary/aromatic N) is 2. The molecule has 0 spiro atoms. The number of ether oxygens (including phenoxy) is 2. The van der Waals surface area contributed by atoms with E-state index in [0.717, 1.165) is 10.6 Å². The molecule has 2 aliphatic heterocycles. The van der Waals surface area contributed by atoms with E-state index in [9.17, 15) is 0 Å². The van der Waals surface area contributed by atoms with Gasteiger partial charge in [0.05, 0.1) is 35.9 Å². The van der Waals surface area contributed by atoms with Crippen molar-refractivity contribution in [2.45, 2.75) is 62.4 Å². The highest BCUT2D eigenvalue weighted by Gasteiger charge is 2.48. The van der Waals surface area contributed by atoms with Crippen molar-refractivity contribution in [3.8, 4) is 10.6 Å². The van der Waals surface area contributed by atoms with Crippen LogP contribution < -0.4 is 16.0 Å². The summed E-state index contributed by atoms with van der Waals surface area (Å²) in [4.78, 5) is 10.2. The van der Waals surface area contributed by atoms with Crippen molar-refractivity contribution in [3.05, 3.63) is 29.8 Å². The van der Waals surface area contributed by atoms with Crippen LogP contribution in [-0.4, -0.2) is 58.6 Å². The van der Waals surface area contributed by atoms with Gasteiger partial charge in [-0.05, 0) is 42.6 Å². The summed E-state index contributed by atoms with van der Waals surface area (Å²) < 4.78 is 12.2. The molecule has 1 saturated carbocycles. The Hall–Kier alpha value is -1.81. The Bertz CT molecular complexity index is 859. The van der Waals surface area contributed by atoms with Gasteiger partial charge in [-0.15, -0.1) is 11.3 Å². The zero-order valence-corrected chi connectivity index (χ0v) is 18.4. The summed E-state index contributed by atoms with van der Waals surface area (Å²) >= 11 is 7.22. The van der Waals surface area contributed by atoms with Crippen LogP contribution in [0.25, 0.3) is 10.6 Å². The minimum absolute atomic E-state index is 0.0141. The normalized spacial score (nSPS) is 28.8. The first-order valence-electron chi connectivity index (χ1n) is 10.7. The molecule has 1 aliphatic carbocycles. The summed E-state index contributed by atoms with van der Waals surface area (Å²) in [5.41, 5.74) is 0.920. The molecule has 2 saturated heterocycles. The Morgan fingerprint density at radius 3 is 2.63 bits per heavy atom. The molecule has 3 aliphatic rings. The van der Waals surface area contributed by atoms with Crippen LogP contribution in [0.1, 0.15) is 32.1 Å². The molecule has 2 aromatic heterocycles. The van der Waals surface area contributed by atoms with Gasteiger partial charge in [-0.1, -0.05) is 25.3 Å². The number of nitrogens with one attached hydrogen (secondary N) is 3. The Balaban J connectivity index is 1.17. The third-order valence-corrected chi connectivity index (χ3v) is 7.18. The average molecular weight is 446 g/mol. The van der Waals surface area contributed by atoms with E-state index in [-0.39, 0.29) is 24.3 Å². The van der Waals surface area contributed by atoms with E-state index in [0.29, 0.717) is 30.3 Å². The molecule has 0 amide bonds. The van der Waals surface area contributed by atoms with Gasteiger partial charge in [0.1, 0.15) is 12.2 Å². The number of thiocarbonyl (C=S) groups is 1. The van der Waals surface area contributed by atoms with Crippen molar-refractivity contribution in [1.82, 2.24) is 20.6 Å². The van der Waals surface area contributed by atoms with Crippen molar-refractivity contribution in [1.29, 1.82) is 0 Å². The van der Waals surface area contributed by atoms with Gasteiger partial charge in [0.25, 0.3) is 0 Å². The lowest BCUT2D eigenvalue weighted by atomic mass is 9.96. The molecule has 160 valence electrons. The summed E-state index contributed by atoms with van der Waals surface area (Å²) in [6.07, 6.45) is 7.99. The zero-order valence-electron chi connectivity index (χ0n) is 16.8.